The zero-order valence-electron chi connectivity index (χ0n) is 13.3. The molecule has 0 spiro atoms. The van der Waals surface area contributed by atoms with Gasteiger partial charge >= 0.3 is 0 Å². The number of aromatic nitrogens is 3. The first-order valence-electron chi connectivity index (χ1n) is 7.45. The van der Waals surface area contributed by atoms with Gasteiger partial charge in [-0.1, -0.05) is 6.92 Å². The summed E-state index contributed by atoms with van der Waals surface area (Å²) in [5, 5.41) is 7.41. The predicted octanol–water partition coefficient (Wildman–Crippen LogP) is 2.47. The molecule has 24 heavy (non-hydrogen) atoms. The highest BCUT2D eigenvalue weighted by molar-refractivity contribution is 7.15. The number of nitrogens with one attached hydrogen (secondary N) is 1. The van der Waals surface area contributed by atoms with Crippen molar-refractivity contribution in [3.63, 3.8) is 0 Å². The number of anilines is 1. The molecule has 1 amide bonds. The molecule has 0 aliphatic rings. The number of furan rings is 1. The standard InChI is InChI=1S/C16H16N4O3S/c1-3-11-10(2)24-16(17-11)18-14(21)9-20-15(22)7-6-12(19-20)13-5-4-8-23-13/h4-8H,3,9H2,1-2H3,(H,17,18,21). The Bertz CT molecular complexity index is 912. The Morgan fingerprint density at radius 3 is 2.88 bits per heavy atom. The van der Waals surface area contributed by atoms with E-state index in [9.17, 15) is 9.59 Å². The molecule has 0 saturated heterocycles. The van der Waals surface area contributed by atoms with Gasteiger partial charge in [0.2, 0.25) is 5.91 Å². The zero-order chi connectivity index (χ0) is 17.1. The molecule has 0 atom stereocenters. The first kappa shape index (κ1) is 16.1. The van der Waals surface area contributed by atoms with E-state index in [2.05, 4.69) is 15.4 Å². The van der Waals surface area contributed by atoms with Gasteiger partial charge in [0.25, 0.3) is 5.56 Å². The fourth-order valence-electron chi connectivity index (χ4n) is 2.22. The molecular formula is C16H16N4O3S. The lowest BCUT2D eigenvalue weighted by atomic mass is 10.3. The zero-order valence-corrected chi connectivity index (χ0v) is 14.1. The minimum Gasteiger partial charge on any atom is -0.463 e. The molecule has 3 aromatic rings. The highest BCUT2D eigenvalue weighted by Gasteiger charge is 2.12. The summed E-state index contributed by atoms with van der Waals surface area (Å²) >= 11 is 1.42. The van der Waals surface area contributed by atoms with E-state index in [0.29, 0.717) is 16.6 Å². The van der Waals surface area contributed by atoms with Crippen LogP contribution in [0.5, 0.6) is 0 Å². The van der Waals surface area contributed by atoms with E-state index in [1.54, 1.807) is 18.2 Å². The summed E-state index contributed by atoms with van der Waals surface area (Å²) in [6, 6.07) is 6.39. The quantitative estimate of drug-likeness (QED) is 0.768. The summed E-state index contributed by atoms with van der Waals surface area (Å²) in [5.41, 5.74) is 1.10. The minimum atomic E-state index is -0.356. The summed E-state index contributed by atoms with van der Waals surface area (Å²) in [5.74, 6) is 0.185. The van der Waals surface area contributed by atoms with Crippen molar-refractivity contribution in [2.24, 2.45) is 0 Å². The van der Waals surface area contributed by atoms with Crippen LogP contribution in [0.3, 0.4) is 0 Å². The van der Waals surface area contributed by atoms with Crippen molar-refractivity contribution in [2.45, 2.75) is 26.8 Å². The Balaban J connectivity index is 1.76. The van der Waals surface area contributed by atoms with Crippen molar-refractivity contribution in [3.8, 4) is 11.5 Å². The van der Waals surface area contributed by atoms with Crippen molar-refractivity contribution in [1.29, 1.82) is 0 Å². The van der Waals surface area contributed by atoms with Crippen LogP contribution in [-0.4, -0.2) is 20.7 Å². The topological polar surface area (TPSA) is 90.0 Å². The molecule has 1 N–H and O–H groups in total. The number of hydrogen-bond acceptors (Lipinski definition) is 6. The molecule has 3 heterocycles. The van der Waals surface area contributed by atoms with Crippen LogP contribution in [0, 0.1) is 6.92 Å². The number of aryl methyl sites for hydroxylation is 2. The number of nitrogens with zero attached hydrogens (tertiary/aromatic N) is 3. The monoisotopic (exact) mass is 344 g/mol. The Morgan fingerprint density at radius 2 is 2.21 bits per heavy atom. The average Bonchev–Trinajstić information content (AvgIpc) is 3.19. The molecule has 7 nitrogen and oxygen atoms in total. The largest absolute Gasteiger partial charge is 0.463 e. The van der Waals surface area contributed by atoms with Crippen LogP contribution in [0.1, 0.15) is 17.5 Å². The minimum absolute atomic E-state index is 0.187. The third-order valence-corrected chi connectivity index (χ3v) is 4.34. The van der Waals surface area contributed by atoms with E-state index in [4.69, 9.17) is 4.42 Å². The van der Waals surface area contributed by atoms with Gasteiger partial charge in [0.15, 0.2) is 10.9 Å². The smallest absolute Gasteiger partial charge is 0.267 e. The SMILES string of the molecule is CCc1nc(NC(=O)Cn2nc(-c3ccco3)ccc2=O)sc1C. The molecule has 0 saturated carbocycles. The molecule has 0 aliphatic carbocycles. The Morgan fingerprint density at radius 1 is 1.38 bits per heavy atom. The lowest BCUT2D eigenvalue weighted by Gasteiger charge is -2.05. The lowest BCUT2D eigenvalue weighted by Crippen LogP contribution is -2.29. The van der Waals surface area contributed by atoms with E-state index < -0.39 is 0 Å². The normalized spacial score (nSPS) is 10.8. The molecule has 8 heteroatoms. The average molecular weight is 344 g/mol. The molecule has 0 aliphatic heterocycles. The number of rotatable bonds is 5. The Kier molecular flexibility index (Phi) is 4.57. The maximum Gasteiger partial charge on any atom is 0.267 e. The van der Waals surface area contributed by atoms with E-state index in [1.807, 2.05) is 13.8 Å². The molecule has 3 rings (SSSR count). The molecule has 0 unspecified atom stereocenters. The number of amides is 1. The van der Waals surface area contributed by atoms with Crippen molar-refractivity contribution in [1.82, 2.24) is 14.8 Å². The van der Waals surface area contributed by atoms with E-state index in [-0.39, 0.29) is 18.0 Å². The van der Waals surface area contributed by atoms with Crippen molar-refractivity contribution in [2.75, 3.05) is 5.32 Å². The number of carbonyl (C=O) groups is 1. The van der Waals surface area contributed by atoms with E-state index >= 15 is 0 Å². The first-order valence-corrected chi connectivity index (χ1v) is 8.26. The molecule has 3 aromatic heterocycles. The van der Waals surface area contributed by atoms with Gasteiger partial charge < -0.3 is 9.73 Å². The van der Waals surface area contributed by atoms with Gasteiger partial charge in [-0.25, -0.2) is 9.67 Å². The van der Waals surface area contributed by atoms with Gasteiger partial charge in [0.05, 0.1) is 12.0 Å². The maximum absolute atomic E-state index is 12.2. The Labute approximate surface area is 142 Å². The second kappa shape index (κ2) is 6.79. The second-order valence-corrected chi connectivity index (χ2v) is 6.32. The fraction of sp³-hybridized carbons (Fsp3) is 0.250. The third-order valence-electron chi connectivity index (χ3n) is 3.41. The molecule has 0 bridgehead atoms. The number of hydrogen-bond donors (Lipinski definition) is 1. The summed E-state index contributed by atoms with van der Waals surface area (Å²) in [7, 11) is 0. The van der Waals surface area contributed by atoms with Crippen molar-refractivity contribution >= 4 is 22.4 Å². The molecular weight excluding hydrogens is 328 g/mol. The lowest BCUT2D eigenvalue weighted by molar-refractivity contribution is -0.117. The van der Waals surface area contributed by atoms with E-state index in [0.717, 1.165) is 21.7 Å². The van der Waals surface area contributed by atoms with E-state index in [1.165, 1.54) is 23.7 Å². The molecule has 0 radical (unpaired) electrons. The molecule has 0 aromatic carbocycles. The second-order valence-electron chi connectivity index (χ2n) is 5.12. The van der Waals surface area contributed by atoms with Gasteiger partial charge in [-0.3, -0.25) is 9.59 Å². The summed E-state index contributed by atoms with van der Waals surface area (Å²) in [6.07, 6.45) is 2.33. The summed E-state index contributed by atoms with van der Waals surface area (Å²) in [6.45, 7) is 3.79. The van der Waals surface area contributed by atoms with Crippen LogP contribution in [0.15, 0.2) is 39.7 Å². The van der Waals surface area contributed by atoms with Gasteiger partial charge in [-0.05, 0) is 31.5 Å². The number of carbonyl (C=O) groups excluding carboxylic acids is 1. The highest BCUT2D eigenvalue weighted by Crippen LogP contribution is 2.22. The van der Waals surface area contributed by atoms with Gasteiger partial charge in [-0.15, -0.1) is 11.3 Å². The first-order chi connectivity index (χ1) is 11.6. The summed E-state index contributed by atoms with van der Waals surface area (Å²) < 4.78 is 6.36. The van der Waals surface area contributed by atoms with Gasteiger partial charge in [0, 0.05) is 10.9 Å². The van der Waals surface area contributed by atoms with Gasteiger partial charge in [-0.2, -0.15) is 5.10 Å². The molecule has 0 fully saturated rings. The van der Waals surface area contributed by atoms with Crippen LogP contribution < -0.4 is 10.9 Å². The van der Waals surface area contributed by atoms with Crippen molar-refractivity contribution in [3.05, 3.63) is 51.5 Å². The van der Waals surface area contributed by atoms with Crippen LogP contribution in [-0.2, 0) is 17.8 Å². The van der Waals surface area contributed by atoms with Gasteiger partial charge in [0.1, 0.15) is 12.2 Å². The maximum atomic E-state index is 12.2. The van der Waals surface area contributed by atoms with Crippen LogP contribution in [0.2, 0.25) is 0 Å². The van der Waals surface area contributed by atoms with Crippen LogP contribution >= 0.6 is 11.3 Å². The Hall–Kier alpha value is -2.74. The van der Waals surface area contributed by atoms with Crippen LogP contribution in [0.4, 0.5) is 5.13 Å². The highest BCUT2D eigenvalue weighted by atomic mass is 32.1. The predicted molar refractivity (Wildman–Crippen MR) is 91.1 cm³/mol. The van der Waals surface area contributed by atoms with Crippen molar-refractivity contribution < 1.29 is 9.21 Å². The molecule has 124 valence electrons. The fourth-order valence-corrected chi connectivity index (χ4v) is 3.14. The number of thiazole rings is 1. The van der Waals surface area contributed by atoms with Crippen LogP contribution in [0.25, 0.3) is 11.5 Å². The summed E-state index contributed by atoms with van der Waals surface area (Å²) in [4.78, 5) is 29.5. The third kappa shape index (κ3) is 3.43.